The summed E-state index contributed by atoms with van der Waals surface area (Å²) in [7, 11) is 0. The van der Waals surface area contributed by atoms with Crippen molar-refractivity contribution in [2.45, 2.75) is 0 Å². The Bertz CT molecular complexity index is 4250. The molecule has 3 aromatic heterocycles. The summed E-state index contributed by atoms with van der Waals surface area (Å²) < 4.78 is 8.54. The third-order valence-electron chi connectivity index (χ3n) is 14.1. The lowest BCUT2D eigenvalue weighted by atomic mass is 9.92. The number of fused-ring (bicyclic) bond motifs is 7. The molecule has 0 spiro atoms. The number of nitrogens with zero attached hydrogens (tertiary/aromatic N) is 4. The van der Waals surface area contributed by atoms with Crippen molar-refractivity contribution in [2.24, 2.45) is 0 Å². The predicted molar refractivity (Wildman–Crippen MR) is 297 cm³/mol. The number of aromatic nitrogens is 4. The number of hydrogen-bond acceptors (Lipinski definition) is 4. The van der Waals surface area contributed by atoms with E-state index in [0.717, 1.165) is 77.6 Å². The average Bonchev–Trinajstić information content (AvgIpc) is 4.00. The van der Waals surface area contributed by atoms with Gasteiger partial charge in [-0.25, -0.2) is 15.0 Å². The van der Waals surface area contributed by atoms with E-state index in [1.54, 1.807) is 0 Å². The molecule has 0 saturated carbocycles. The Kier molecular flexibility index (Phi) is 9.78. The smallest absolute Gasteiger partial charge is 0.164 e. The van der Waals surface area contributed by atoms with E-state index in [1.165, 1.54) is 43.8 Å². The summed E-state index contributed by atoms with van der Waals surface area (Å²) in [5.41, 5.74) is 17.2. The number of rotatable bonds is 8. The summed E-state index contributed by atoms with van der Waals surface area (Å²) in [5, 5.41) is 7.08. The van der Waals surface area contributed by atoms with Gasteiger partial charge in [-0.15, -0.1) is 0 Å². The zero-order valence-electron chi connectivity index (χ0n) is 38.9. The standard InChI is InChI=1S/C67H42N4O/c1-3-13-43(14-4-1)45-25-29-47(30-26-45)65-68-66(48-31-27-46(28-32-48)44-15-5-2-6-16-44)70-67(69-65)49-33-37-52(38-34-49)71-61-23-9-7-17-57(61)59-41-50(35-39-62(59)71)53-19-11-22-56-54(20-12-21-55(53)56)51-36-40-64-60(42-51)58-18-8-10-24-63(58)72-64/h1-42H. The van der Waals surface area contributed by atoms with Gasteiger partial charge >= 0.3 is 0 Å². The topological polar surface area (TPSA) is 56.7 Å². The summed E-state index contributed by atoms with van der Waals surface area (Å²) in [4.78, 5) is 15.3. The molecular formula is C67H42N4O. The molecule has 0 aliphatic carbocycles. The molecular weight excluding hydrogens is 877 g/mol. The van der Waals surface area contributed by atoms with E-state index in [4.69, 9.17) is 19.4 Å². The van der Waals surface area contributed by atoms with Gasteiger partial charge in [-0.05, 0) is 116 Å². The van der Waals surface area contributed by atoms with Crippen LogP contribution in [0.25, 0.3) is 139 Å². The van der Waals surface area contributed by atoms with Crippen LogP contribution in [0.3, 0.4) is 0 Å². The van der Waals surface area contributed by atoms with Crippen LogP contribution in [0.2, 0.25) is 0 Å². The minimum atomic E-state index is 0.612. The summed E-state index contributed by atoms with van der Waals surface area (Å²) in [6, 6.07) is 90.1. The molecule has 0 atom stereocenters. The SMILES string of the molecule is c1ccc(-c2ccc(-c3nc(-c4ccc(-c5ccccc5)cc4)nc(-c4ccc(-n5c6ccccc6c6cc(-c7cccc8c(-c9ccc%10oc%11ccccc%11c%10c9)cccc78)ccc65)cc4)n3)cc2)cc1. The lowest BCUT2D eigenvalue weighted by Crippen LogP contribution is -2.00. The maximum atomic E-state index is 6.18. The van der Waals surface area contributed by atoms with Gasteiger partial charge in [0.15, 0.2) is 17.5 Å². The van der Waals surface area contributed by atoms with E-state index in [-0.39, 0.29) is 0 Å². The molecule has 14 rings (SSSR count). The summed E-state index contributed by atoms with van der Waals surface area (Å²) >= 11 is 0. The molecule has 72 heavy (non-hydrogen) atoms. The molecule has 0 saturated heterocycles. The van der Waals surface area contributed by atoms with Crippen LogP contribution in [0, 0.1) is 0 Å². The van der Waals surface area contributed by atoms with Gasteiger partial charge in [-0.3, -0.25) is 0 Å². The quantitative estimate of drug-likeness (QED) is 0.152. The van der Waals surface area contributed by atoms with Crippen LogP contribution < -0.4 is 0 Å². The minimum absolute atomic E-state index is 0.612. The fourth-order valence-electron chi connectivity index (χ4n) is 10.5. The Morgan fingerprint density at radius 3 is 1.24 bits per heavy atom. The van der Waals surface area contributed by atoms with Crippen LogP contribution in [-0.2, 0) is 0 Å². The molecule has 0 aliphatic rings. The molecule has 3 heterocycles. The molecule has 0 radical (unpaired) electrons. The van der Waals surface area contributed by atoms with Crippen LogP contribution >= 0.6 is 0 Å². The summed E-state index contributed by atoms with van der Waals surface area (Å²) in [6.45, 7) is 0. The Balaban J connectivity index is 0.835. The number of benzene rings is 11. The van der Waals surface area contributed by atoms with Crippen molar-refractivity contribution < 1.29 is 4.42 Å². The second-order valence-electron chi connectivity index (χ2n) is 18.3. The van der Waals surface area contributed by atoms with Crippen molar-refractivity contribution in [1.29, 1.82) is 0 Å². The van der Waals surface area contributed by atoms with Crippen molar-refractivity contribution in [1.82, 2.24) is 19.5 Å². The maximum absolute atomic E-state index is 6.18. The van der Waals surface area contributed by atoms with Gasteiger partial charge < -0.3 is 8.98 Å². The van der Waals surface area contributed by atoms with Crippen LogP contribution in [-0.4, -0.2) is 19.5 Å². The first-order valence-electron chi connectivity index (χ1n) is 24.3. The fourth-order valence-corrected chi connectivity index (χ4v) is 10.5. The lowest BCUT2D eigenvalue weighted by Gasteiger charge is -2.13. The summed E-state index contributed by atoms with van der Waals surface area (Å²) in [6.07, 6.45) is 0. The number of para-hydroxylation sites is 2. The first kappa shape index (κ1) is 41.3. The van der Waals surface area contributed by atoms with Gasteiger partial charge in [0.05, 0.1) is 11.0 Å². The summed E-state index contributed by atoms with van der Waals surface area (Å²) in [5.74, 6) is 1.85. The van der Waals surface area contributed by atoms with Gasteiger partial charge in [0, 0.05) is 43.9 Å². The largest absolute Gasteiger partial charge is 0.456 e. The zero-order chi connectivity index (χ0) is 47.5. The molecule has 5 heteroatoms. The van der Waals surface area contributed by atoms with Crippen molar-refractivity contribution in [3.8, 4) is 84.4 Å². The van der Waals surface area contributed by atoms with Crippen molar-refractivity contribution in [2.75, 3.05) is 0 Å². The Morgan fingerprint density at radius 1 is 0.250 bits per heavy atom. The first-order chi connectivity index (χ1) is 35.7. The highest BCUT2D eigenvalue weighted by atomic mass is 16.3. The molecule has 5 nitrogen and oxygen atoms in total. The van der Waals surface area contributed by atoms with E-state index < -0.39 is 0 Å². The highest BCUT2D eigenvalue weighted by molar-refractivity contribution is 6.13. The second-order valence-corrected chi connectivity index (χ2v) is 18.3. The highest BCUT2D eigenvalue weighted by Gasteiger charge is 2.18. The average molecular weight is 919 g/mol. The predicted octanol–water partition coefficient (Wildman–Crippen LogP) is 17.7. The van der Waals surface area contributed by atoms with E-state index in [0.29, 0.717) is 17.5 Å². The molecule has 0 N–H and O–H groups in total. The van der Waals surface area contributed by atoms with Crippen molar-refractivity contribution in [3.05, 3.63) is 255 Å². The molecule has 0 amide bonds. The number of furan rings is 1. The Morgan fingerprint density at radius 2 is 0.653 bits per heavy atom. The molecule has 11 aromatic carbocycles. The van der Waals surface area contributed by atoms with Crippen LogP contribution in [0.15, 0.2) is 259 Å². The van der Waals surface area contributed by atoms with Crippen LogP contribution in [0.1, 0.15) is 0 Å². The molecule has 14 aromatic rings. The lowest BCUT2D eigenvalue weighted by molar-refractivity contribution is 0.669. The maximum Gasteiger partial charge on any atom is 0.164 e. The van der Waals surface area contributed by atoms with E-state index >= 15 is 0 Å². The third kappa shape index (κ3) is 7.14. The monoisotopic (exact) mass is 918 g/mol. The number of hydrogen-bond donors (Lipinski definition) is 0. The molecule has 0 fully saturated rings. The second kappa shape index (κ2) is 17.1. The molecule has 0 bridgehead atoms. The molecule has 336 valence electrons. The van der Waals surface area contributed by atoms with Gasteiger partial charge in [0.1, 0.15) is 11.2 Å². The zero-order valence-corrected chi connectivity index (χ0v) is 38.9. The van der Waals surface area contributed by atoms with Gasteiger partial charge in [0.2, 0.25) is 0 Å². The van der Waals surface area contributed by atoms with Crippen LogP contribution in [0.5, 0.6) is 0 Å². The van der Waals surface area contributed by atoms with Crippen molar-refractivity contribution in [3.63, 3.8) is 0 Å². The van der Waals surface area contributed by atoms with Gasteiger partial charge in [0.25, 0.3) is 0 Å². The van der Waals surface area contributed by atoms with E-state index in [2.05, 4.69) is 235 Å². The fraction of sp³-hybridized carbons (Fsp3) is 0. The van der Waals surface area contributed by atoms with E-state index in [1.807, 2.05) is 24.3 Å². The van der Waals surface area contributed by atoms with Crippen molar-refractivity contribution >= 4 is 54.5 Å². The first-order valence-corrected chi connectivity index (χ1v) is 24.3. The highest BCUT2D eigenvalue weighted by Crippen LogP contribution is 2.41. The Hall–Kier alpha value is -9.71. The van der Waals surface area contributed by atoms with Gasteiger partial charge in [-0.2, -0.15) is 0 Å². The molecule has 0 aliphatic heterocycles. The Labute approximate surface area is 415 Å². The van der Waals surface area contributed by atoms with E-state index in [9.17, 15) is 0 Å². The van der Waals surface area contributed by atoms with Gasteiger partial charge in [-0.1, -0.05) is 194 Å². The van der Waals surface area contributed by atoms with Crippen LogP contribution in [0.4, 0.5) is 0 Å². The minimum Gasteiger partial charge on any atom is -0.456 e. The molecule has 0 unspecified atom stereocenters. The third-order valence-corrected chi connectivity index (χ3v) is 14.1. The normalized spacial score (nSPS) is 11.6.